The van der Waals surface area contributed by atoms with Gasteiger partial charge in [0.05, 0.1) is 17.1 Å². The highest BCUT2D eigenvalue weighted by Gasteiger charge is 2.19. The molecular weight excluding hydrogens is 258 g/mol. The van der Waals surface area contributed by atoms with Gasteiger partial charge < -0.3 is 14.6 Å². The first kappa shape index (κ1) is 14.4. The van der Waals surface area contributed by atoms with E-state index >= 15 is 0 Å². The van der Waals surface area contributed by atoms with Crippen LogP contribution in [-0.4, -0.2) is 35.2 Å². The van der Waals surface area contributed by atoms with E-state index in [4.69, 9.17) is 14.6 Å². The van der Waals surface area contributed by atoms with Crippen LogP contribution in [0.5, 0.6) is 5.75 Å². The number of carboxylic acid groups (broad SMARTS) is 1. The average Bonchev–Trinajstić information content (AvgIpc) is 2.36. The van der Waals surface area contributed by atoms with Crippen molar-refractivity contribution >= 4 is 17.6 Å². The van der Waals surface area contributed by atoms with E-state index in [9.17, 15) is 19.7 Å². The summed E-state index contributed by atoms with van der Waals surface area (Å²) in [5.41, 5.74) is -0.497. The predicted molar refractivity (Wildman–Crippen MR) is 62.2 cm³/mol. The lowest BCUT2D eigenvalue weighted by Gasteiger charge is -2.06. The summed E-state index contributed by atoms with van der Waals surface area (Å²) < 4.78 is 9.47. The highest BCUT2D eigenvalue weighted by atomic mass is 16.6. The van der Waals surface area contributed by atoms with Gasteiger partial charge in [-0.1, -0.05) is 0 Å². The van der Waals surface area contributed by atoms with Gasteiger partial charge in [0.15, 0.2) is 12.4 Å². The fraction of sp³-hybridized carbons (Fsp3) is 0.273. The number of carboxylic acids is 1. The molecule has 0 aliphatic rings. The van der Waals surface area contributed by atoms with Crippen LogP contribution >= 0.6 is 0 Å². The number of hydrogen-bond donors (Lipinski definition) is 1. The van der Waals surface area contributed by atoms with Crippen molar-refractivity contribution in [3.05, 3.63) is 33.9 Å². The van der Waals surface area contributed by atoms with E-state index in [-0.39, 0.29) is 17.9 Å². The Morgan fingerprint density at radius 1 is 1.42 bits per heavy atom. The van der Waals surface area contributed by atoms with E-state index < -0.39 is 29.2 Å². The maximum atomic E-state index is 11.4. The molecule has 1 rings (SSSR count). The van der Waals surface area contributed by atoms with Crippen LogP contribution in [0.25, 0.3) is 0 Å². The van der Waals surface area contributed by atoms with Crippen LogP contribution in [-0.2, 0) is 9.53 Å². The zero-order valence-corrected chi connectivity index (χ0v) is 9.99. The summed E-state index contributed by atoms with van der Waals surface area (Å²) in [6.45, 7) is 1.04. The topological polar surface area (TPSA) is 116 Å². The van der Waals surface area contributed by atoms with E-state index in [1.807, 2.05) is 0 Å². The normalized spacial score (nSPS) is 9.74. The molecule has 102 valence electrons. The molecule has 0 fully saturated rings. The third kappa shape index (κ3) is 3.95. The maximum Gasteiger partial charge on any atom is 0.341 e. The minimum absolute atomic E-state index is 0.00350. The Labute approximate surface area is 107 Å². The van der Waals surface area contributed by atoms with Gasteiger partial charge in [-0.3, -0.25) is 10.1 Å². The SMILES string of the molecule is CCOC(=O)c1ccc(OCC(=O)O)c([N+](=O)[O-])c1. The lowest BCUT2D eigenvalue weighted by atomic mass is 10.2. The fourth-order valence-corrected chi connectivity index (χ4v) is 1.26. The van der Waals surface area contributed by atoms with Crippen LogP contribution in [0.3, 0.4) is 0 Å². The Morgan fingerprint density at radius 3 is 2.63 bits per heavy atom. The lowest BCUT2D eigenvalue weighted by Crippen LogP contribution is -2.11. The van der Waals surface area contributed by atoms with Crippen molar-refractivity contribution in [1.29, 1.82) is 0 Å². The summed E-state index contributed by atoms with van der Waals surface area (Å²) in [5, 5.41) is 19.3. The largest absolute Gasteiger partial charge is 0.479 e. The van der Waals surface area contributed by atoms with E-state index in [2.05, 4.69) is 0 Å². The van der Waals surface area contributed by atoms with Gasteiger partial charge in [0, 0.05) is 6.07 Å². The molecule has 0 aliphatic heterocycles. The van der Waals surface area contributed by atoms with Gasteiger partial charge in [0.25, 0.3) is 0 Å². The highest BCUT2D eigenvalue weighted by molar-refractivity contribution is 5.90. The molecule has 1 aromatic rings. The summed E-state index contributed by atoms with van der Waals surface area (Å²) in [4.78, 5) is 31.8. The average molecular weight is 269 g/mol. The smallest absolute Gasteiger partial charge is 0.341 e. The highest BCUT2D eigenvalue weighted by Crippen LogP contribution is 2.28. The number of nitro benzene ring substituents is 1. The molecule has 0 aliphatic carbocycles. The van der Waals surface area contributed by atoms with Crippen LogP contribution in [0, 0.1) is 10.1 Å². The van der Waals surface area contributed by atoms with E-state index in [0.717, 1.165) is 12.1 Å². The number of carbonyl (C=O) groups is 2. The van der Waals surface area contributed by atoms with Gasteiger partial charge in [-0.05, 0) is 19.1 Å². The first-order chi connectivity index (χ1) is 8.95. The molecule has 0 saturated heterocycles. The quantitative estimate of drug-likeness (QED) is 0.469. The molecule has 0 spiro atoms. The van der Waals surface area contributed by atoms with Gasteiger partial charge in [-0.25, -0.2) is 9.59 Å². The number of nitrogens with zero attached hydrogens (tertiary/aromatic N) is 1. The number of hydrogen-bond acceptors (Lipinski definition) is 6. The summed E-state index contributed by atoms with van der Waals surface area (Å²) in [6, 6.07) is 3.41. The number of ether oxygens (including phenoxy) is 2. The number of esters is 1. The molecule has 0 radical (unpaired) electrons. The Kier molecular flexibility index (Phi) is 4.81. The van der Waals surface area contributed by atoms with Crippen molar-refractivity contribution < 1.29 is 29.1 Å². The maximum absolute atomic E-state index is 11.4. The second-order valence-electron chi connectivity index (χ2n) is 3.34. The Hall–Kier alpha value is -2.64. The van der Waals surface area contributed by atoms with Crippen LogP contribution in [0.15, 0.2) is 18.2 Å². The molecule has 19 heavy (non-hydrogen) atoms. The number of carbonyl (C=O) groups excluding carboxylic acids is 1. The zero-order chi connectivity index (χ0) is 14.4. The monoisotopic (exact) mass is 269 g/mol. The molecule has 0 amide bonds. The molecule has 0 aromatic heterocycles. The molecule has 8 nitrogen and oxygen atoms in total. The van der Waals surface area contributed by atoms with Crippen molar-refractivity contribution in [1.82, 2.24) is 0 Å². The van der Waals surface area contributed by atoms with Crippen molar-refractivity contribution in [2.45, 2.75) is 6.92 Å². The van der Waals surface area contributed by atoms with E-state index in [1.54, 1.807) is 6.92 Å². The van der Waals surface area contributed by atoms with Crippen LogP contribution in [0.2, 0.25) is 0 Å². The summed E-state index contributed by atoms with van der Waals surface area (Å²) in [6.07, 6.45) is 0. The van der Waals surface area contributed by atoms with Crippen molar-refractivity contribution in [2.24, 2.45) is 0 Å². The van der Waals surface area contributed by atoms with Crippen molar-refractivity contribution in [3.8, 4) is 5.75 Å². The van der Waals surface area contributed by atoms with E-state index in [1.165, 1.54) is 6.07 Å². The van der Waals surface area contributed by atoms with Crippen LogP contribution in [0.4, 0.5) is 5.69 Å². The van der Waals surface area contributed by atoms with Gasteiger partial charge in [-0.2, -0.15) is 0 Å². The minimum Gasteiger partial charge on any atom is -0.479 e. The molecule has 1 aromatic carbocycles. The van der Waals surface area contributed by atoms with Crippen molar-refractivity contribution in [2.75, 3.05) is 13.2 Å². The standard InChI is InChI=1S/C11H11NO7/c1-2-18-11(15)7-3-4-9(19-6-10(13)14)8(5-7)12(16)17/h3-5H,2,6H2,1H3,(H,13,14). The van der Waals surface area contributed by atoms with Gasteiger partial charge >= 0.3 is 17.6 Å². The lowest BCUT2D eigenvalue weighted by molar-refractivity contribution is -0.385. The summed E-state index contributed by atoms with van der Waals surface area (Å²) >= 11 is 0. The number of aliphatic carboxylic acids is 1. The molecule has 0 heterocycles. The van der Waals surface area contributed by atoms with E-state index in [0.29, 0.717) is 0 Å². The second kappa shape index (κ2) is 6.34. The zero-order valence-electron chi connectivity index (χ0n) is 9.99. The molecule has 8 heteroatoms. The van der Waals surface area contributed by atoms with Crippen molar-refractivity contribution in [3.63, 3.8) is 0 Å². The molecule has 0 atom stereocenters. The predicted octanol–water partition coefficient (Wildman–Crippen LogP) is 1.23. The Bertz CT molecular complexity index is 512. The molecule has 0 unspecified atom stereocenters. The van der Waals surface area contributed by atoms with Gasteiger partial charge in [-0.15, -0.1) is 0 Å². The number of benzene rings is 1. The molecule has 1 N–H and O–H groups in total. The Balaban J connectivity index is 3.04. The third-order valence-corrected chi connectivity index (χ3v) is 2.02. The summed E-state index contributed by atoms with van der Waals surface area (Å²) in [5.74, 6) is -2.18. The fourth-order valence-electron chi connectivity index (χ4n) is 1.26. The van der Waals surface area contributed by atoms with Gasteiger partial charge in [0.2, 0.25) is 0 Å². The number of nitro groups is 1. The molecule has 0 bridgehead atoms. The Morgan fingerprint density at radius 2 is 2.11 bits per heavy atom. The van der Waals surface area contributed by atoms with Crippen LogP contribution < -0.4 is 4.74 Å². The number of rotatable bonds is 6. The minimum atomic E-state index is -1.26. The third-order valence-electron chi connectivity index (χ3n) is 2.02. The first-order valence-corrected chi connectivity index (χ1v) is 5.25. The first-order valence-electron chi connectivity index (χ1n) is 5.25. The summed E-state index contributed by atoms with van der Waals surface area (Å²) in [7, 11) is 0. The molecular formula is C11H11NO7. The second-order valence-corrected chi connectivity index (χ2v) is 3.34. The van der Waals surface area contributed by atoms with Crippen LogP contribution in [0.1, 0.15) is 17.3 Å². The van der Waals surface area contributed by atoms with Gasteiger partial charge in [0.1, 0.15) is 0 Å². The molecule has 0 saturated carbocycles.